The number of benzene rings is 1. The molecule has 0 radical (unpaired) electrons. The number of carbonyl (C=O) groups excluding carboxylic acids is 4. The van der Waals surface area contributed by atoms with Crippen molar-refractivity contribution in [1.29, 1.82) is 0 Å². The molecule has 0 unspecified atom stereocenters. The molecule has 2 fully saturated rings. The van der Waals surface area contributed by atoms with Crippen LogP contribution in [-0.2, 0) is 20.9 Å². The highest BCUT2D eigenvalue weighted by Crippen LogP contribution is 2.40. The van der Waals surface area contributed by atoms with Crippen molar-refractivity contribution in [1.82, 2.24) is 15.1 Å². The van der Waals surface area contributed by atoms with Gasteiger partial charge in [0.1, 0.15) is 6.54 Å². The summed E-state index contributed by atoms with van der Waals surface area (Å²) in [6.45, 7) is 6.38. The molecule has 1 aromatic rings. The van der Waals surface area contributed by atoms with Crippen LogP contribution in [0, 0.1) is 11.3 Å². The largest absolute Gasteiger partial charge is 0.352 e. The molecule has 1 aliphatic heterocycles. The lowest BCUT2D eigenvalue weighted by molar-refractivity contribution is -0.144. The molecule has 162 valence electrons. The highest BCUT2D eigenvalue weighted by molar-refractivity contribution is 6.44. The van der Waals surface area contributed by atoms with Gasteiger partial charge in [-0.25, -0.2) is 9.69 Å². The van der Waals surface area contributed by atoms with Crippen LogP contribution in [0.1, 0.15) is 58.4 Å². The summed E-state index contributed by atoms with van der Waals surface area (Å²) >= 11 is 0. The van der Waals surface area contributed by atoms with Gasteiger partial charge in [0.05, 0.1) is 6.54 Å². The first-order chi connectivity index (χ1) is 14.2. The second-order valence-corrected chi connectivity index (χ2v) is 9.01. The van der Waals surface area contributed by atoms with Crippen molar-refractivity contribution < 1.29 is 19.2 Å². The van der Waals surface area contributed by atoms with Crippen molar-refractivity contribution in [2.75, 3.05) is 6.54 Å². The van der Waals surface area contributed by atoms with E-state index in [4.69, 9.17) is 0 Å². The third kappa shape index (κ3) is 4.71. The second-order valence-electron chi connectivity index (χ2n) is 9.01. The molecule has 3 rings (SSSR count). The molecule has 7 heteroatoms. The standard InChI is InChI=1S/C23H31N3O4/c1-4-23(2,3)17-10-12-18(13-11-17)24-19(27)15-26-21(29)20(28)25(22(26)30)14-16-8-6-5-7-9-16/h5-9,17-18H,4,10-15H2,1-3H3,(H,24,27). The minimum atomic E-state index is -0.945. The van der Waals surface area contributed by atoms with Crippen LogP contribution in [0.25, 0.3) is 0 Å². The van der Waals surface area contributed by atoms with Gasteiger partial charge in [-0.05, 0) is 42.6 Å². The Bertz CT molecular complexity index is 813. The molecule has 0 bridgehead atoms. The van der Waals surface area contributed by atoms with E-state index < -0.39 is 30.3 Å². The predicted octanol–water partition coefficient (Wildman–Crippen LogP) is 3.09. The Hall–Kier alpha value is -2.70. The second kappa shape index (κ2) is 8.98. The van der Waals surface area contributed by atoms with Crippen LogP contribution in [0.15, 0.2) is 30.3 Å². The van der Waals surface area contributed by atoms with Gasteiger partial charge in [-0.2, -0.15) is 0 Å². The monoisotopic (exact) mass is 413 g/mol. The number of nitrogens with zero attached hydrogens (tertiary/aromatic N) is 2. The van der Waals surface area contributed by atoms with E-state index in [9.17, 15) is 19.2 Å². The Morgan fingerprint density at radius 3 is 2.20 bits per heavy atom. The summed E-state index contributed by atoms with van der Waals surface area (Å²) in [7, 11) is 0. The van der Waals surface area contributed by atoms with Crippen molar-refractivity contribution in [2.45, 2.75) is 65.5 Å². The van der Waals surface area contributed by atoms with Gasteiger partial charge in [0.25, 0.3) is 0 Å². The summed E-state index contributed by atoms with van der Waals surface area (Å²) in [4.78, 5) is 51.2. The van der Waals surface area contributed by atoms with E-state index >= 15 is 0 Å². The van der Waals surface area contributed by atoms with Crippen LogP contribution in [0.4, 0.5) is 4.79 Å². The zero-order chi connectivity index (χ0) is 21.9. The molecule has 1 heterocycles. The average molecular weight is 414 g/mol. The maximum atomic E-state index is 12.6. The molecular formula is C23H31N3O4. The zero-order valence-corrected chi connectivity index (χ0v) is 18.0. The van der Waals surface area contributed by atoms with E-state index in [0.29, 0.717) is 11.3 Å². The summed E-state index contributed by atoms with van der Waals surface area (Å²) in [5.41, 5.74) is 1.04. The molecule has 2 aliphatic rings. The van der Waals surface area contributed by atoms with Gasteiger partial charge in [-0.3, -0.25) is 19.3 Å². The first-order valence-electron chi connectivity index (χ1n) is 10.7. The molecule has 30 heavy (non-hydrogen) atoms. The smallest absolute Gasteiger partial charge is 0.335 e. The van der Waals surface area contributed by atoms with Gasteiger partial charge in [-0.1, -0.05) is 57.5 Å². The van der Waals surface area contributed by atoms with Crippen LogP contribution in [0.5, 0.6) is 0 Å². The van der Waals surface area contributed by atoms with Crippen molar-refractivity contribution in [2.24, 2.45) is 11.3 Å². The number of carbonyl (C=O) groups is 4. The van der Waals surface area contributed by atoms with Crippen molar-refractivity contribution in [3.8, 4) is 0 Å². The Balaban J connectivity index is 1.53. The summed E-state index contributed by atoms with van der Waals surface area (Å²) in [6, 6.07) is 8.28. The summed E-state index contributed by atoms with van der Waals surface area (Å²) in [5.74, 6) is -1.59. The van der Waals surface area contributed by atoms with Crippen LogP contribution in [-0.4, -0.2) is 46.1 Å². The van der Waals surface area contributed by atoms with E-state index in [2.05, 4.69) is 26.1 Å². The molecule has 5 amide bonds. The van der Waals surface area contributed by atoms with Crippen molar-refractivity contribution in [3.05, 3.63) is 35.9 Å². The van der Waals surface area contributed by atoms with Gasteiger partial charge in [0, 0.05) is 6.04 Å². The maximum Gasteiger partial charge on any atom is 0.335 e. The quantitative estimate of drug-likeness (QED) is 0.550. The fourth-order valence-electron chi connectivity index (χ4n) is 4.32. The predicted molar refractivity (Wildman–Crippen MR) is 112 cm³/mol. The van der Waals surface area contributed by atoms with Crippen molar-refractivity contribution >= 4 is 23.8 Å². The van der Waals surface area contributed by atoms with E-state index in [1.54, 1.807) is 24.3 Å². The summed E-state index contributed by atoms with van der Waals surface area (Å²) in [5, 5.41) is 2.94. The van der Waals surface area contributed by atoms with Gasteiger partial charge in [0.2, 0.25) is 5.91 Å². The molecule has 1 saturated carbocycles. The van der Waals surface area contributed by atoms with E-state index in [1.165, 1.54) is 0 Å². The van der Waals surface area contributed by atoms with Crippen LogP contribution >= 0.6 is 0 Å². The lowest BCUT2D eigenvalue weighted by atomic mass is 9.69. The number of rotatable bonds is 7. The molecule has 0 spiro atoms. The number of imide groups is 2. The first-order valence-corrected chi connectivity index (χ1v) is 10.7. The molecule has 0 atom stereocenters. The Kier molecular flexibility index (Phi) is 6.58. The lowest BCUT2D eigenvalue weighted by Crippen LogP contribution is -2.46. The van der Waals surface area contributed by atoms with Crippen molar-refractivity contribution in [3.63, 3.8) is 0 Å². The normalized spacial score (nSPS) is 22.6. The van der Waals surface area contributed by atoms with Gasteiger partial charge in [0.15, 0.2) is 0 Å². The number of urea groups is 1. The summed E-state index contributed by atoms with van der Waals surface area (Å²) in [6.07, 6.45) is 5.01. The van der Waals surface area contributed by atoms with Gasteiger partial charge >= 0.3 is 17.8 Å². The third-order valence-electron chi connectivity index (χ3n) is 6.73. The number of amides is 5. The number of hydrogen-bond acceptors (Lipinski definition) is 4. The lowest BCUT2D eigenvalue weighted by Gasteiger charge is -2.39. The minimum Gasteiger partial charge on any atom is -0.352 e. The molecule has 1 aromatic carbocycles. The topological polar surface area (TPSA) is 86.8 Å². The maximum absolute atomic E-state index is 12.6. The number of hydrogen-bond donors (Lipinski definition) is 1. The van der Waals surface area contributed by atoms with E-state index in [0.717, 1.165) is 47.5 Å². The minimum absolute atomic E-state index is 0.0135. The molecule has 1 N–H and O–H groups in total. The molecule has 1 saturated heterocycles. The third-order valence-corrected chi connectivity index (χ3v) is 6.73. The van der Waals surface area contributed by atoms with Crippen LogP contribution in [0.3, 0.4) is 0 Å². The highest BCUT2D eigenvalue weighted by Gasteiger charge is 2.45. The van der Waals surface area contributed by atoms with E-state index in [-0.39, 0.29) is 12.6 Å². The summed E-state index contributed by atoms with van der Waals surface area (Å²) < 4.78 is 0. The molecule has 1 aliphatic carbocycles. The molecule has 0 aromatic heterocycles. The molecular weight excluding hydrogens is 382 g/mol. The van der Waals surface area contributed by atoms with Crippen LogP contribution in [0.2, 0.25) is 0 Å². The highest BCUT2D eigenvalue weighted by atomic mass is 16.2. The Morgan fingerprint density at radius 1 is 1.00 bits per heavy atom. The van der Waals surface area contributed by atoms with Gasteiger partial charge in [-0.15, -0.1) is 0 Å². The first kappa shape index (κ1) is 22.0. The fraction of sp³-hybridized carbons (Fsp3) is 0.565. The van der Waals surface area contributed by atoms with Gasteiger partial charge < -0.3 is 5.32 Å². The zero-order valence-electron chi connectivity index (χ0n) is 18.0. The number of nitrogens with one attached hydrogen (secondary N) is 1. The SMILES string of the molecule is CCC(C)(C)C1CCC(NC(=O)CN2C(=O)C(=O)N(Cc3ccccc3)C2=O)CC1. The fourth-order valence-corrected chi connectivity index (χ4v) is 4.32. The Morgan fingerprint density at radius 2 is 1.60 bits per heavy atom. The van der Waals surface area contributed by atoms with Crippen LogP contribution < -0.4 is 5.32 Å². The Labute approximate surface area is 177 Å². The average Bonchev–Trinajstić information content (AvgIpc) is 2.93. The molecule has 7 nitrogen and oxygen atoms in total. The van der Waals surface area contributed by atoms with E-state index in [1.807, 2.05) is 6.07 Å².